The minimum atomic E-state index is -0.533. The Balaban J connectivity index is 1.93. The van der Waals surface area contributed by atoms with Gasteiger partial charge in [0.05, 0.1) is 4.47 Å². The van der Waals surface area contributed by atoms with Gasteiger partial charge in [0.25, 0.3) is 0 Å². The van der Waals surface area contributed by atoms with Crippen LogP contribution in [0.2, 0.25) is 0 Å². The number of nitrogens with two attached hydrogens (primary N) is 1. The molecule has 0 radical (unpaired) electrons. The van der Waals surface area contributed by atoms with Gasteiger partial charge in [0.1, 0.15) is 11.6 Å². The first-order valence-corrected chi connectivity index (χ1v) is 7.11. The Labute approximate surface area is 124 Å². The molecule has 2 aromatic rings. The highest BCUT2D eigenvalue weighted by atomic mass is 79.9. The maximum atomic E-state index is 14.0. The van der Waals surface area contributed by atoms with Crippen LogP contribution in [-0.2, 0) is 13.0 Å². The van der Waals surface area contributed by atoms with E-state index in [2.05, 4.69) is 15.9 Å². The van der Waals surface area contributed by atoms with Crippen LogP contribution in [0.25, 0.3) is 0 Å². The molecule has 1 aliphatic heterocycles. The molecule has 0 saturated heterocycles. The molecule has 2 aromatic carbocycles. The molecule has 0 fully saturated rings. The van der Waals surface area contributed by atoms with Crippen LogP contribution in [0, 0.1) is 11.6 Å². The van der Waals surface area contributed by atoms with E-state index < -0.39 is 11.6 Å². The first-order valence-electron chi connectivity index (χ1n) is 6.32. The second-order valence-corrected chi connectivity index (χ2v) is 5.74. The third-order valence-electron chi connectivity index (χ3n) is 3.58. The molecular formula is C15H13BrF2N2. The molecule has 0 unspecified atom stereocenters. The molecule has 3 rings (SSSR count). The highest BCUT2D eigenvalue weighted by Crippen LogP contribution is 2.32. The van der Waals surface area contributed by atoms with E-state index in [1.165, 1.54) is 12.1 Å². The molecule has 1 heterocycles. The predicted molar refractivity (Wildman–Crippen MR) is 79.7 cm³/mol. The number of anilines is 2. The highest BCUT2D eigenvalue weighted by Gasteiger charge is 2.22. The normalized spacial score (nSPS) is 13.7. The second kappa shape index (κ2) is 5.05. The summed E-state index contributed by atoms with van der Waals surface area (Å²) in [6, 6.07) is 8.30. The molecule has 1 aliphatic rings. The number of fused-ring (bicyclic) bond motifs is 1. The maximum absolute atomic E-state index is 14.0. The summed E-state index contributed by atoms with van der Waals surface area (Å²) in [5.74, 6) is -1.05. The van der Waals surface area contributed by atoms with Crippen molar-refractivity contribution in [3.63, 3.8) is 0 Å². The summed E-state index contributed by atoms with van der Waals surface area (Å²) in [6.07, 6.45) is 0.845. The Morgan fingerprint density at radius 3 is 2.80 bits per heavy atom. The summed E-state index contributed by atoms with van der Waals surface area (Å²) in [4.78, 5) is 1.97. The van der Waals surface area contributed by atoms with Crippen LogP contribution < -0.4 is 10.6 Å². The van der Waals surface area contributed by atoms with Crippen LogP contribution >= 0.6 is 15.9 Å². The number of benzene rings is 2. The zero-order valence-corrected chi connectivity index (χ0v) is 12.3. The molecule has 2 nitrogen and oxygen atoms in total. The Bertz CT molecular complexity index is 673. The lowest BCUT2D eigenvalue weighted by Gasteiger charge is -2.20. The van der Waals surface area contributed by atoms with Gasteiger partial charge in [-0.3, -0.25) is 0 Å². The third kappa shape index (κ3) is 2.26. The summed E-state index contributed by atoms with van der Waals surface area (Å²) >= 11 is 3.09. The van der Waals surface area contributed by atoms with Crippen molar-refractivity contribution in [2.45, 2.75) is 13.0 Å². The van der Waals surface area contributed by atoms with Crippen molar-refractivity contribution in [3.05, 3.63) is 57.6 Å². The lowest BCUT2D eigenvalue weighted by molar-refractivity contribution is 0.547. The van der Waals surface area contributed by atoms with Crippen LogP contribution in [0.3, 0.4) is 0 Å². The molecule has 104 valence electrons. The van der Waals surface area contributed by atoms with Gasteiger partial charge in [-0.15, -0.1) is 0 Å². The largest absolute Gasteiger partial charge is 0.399 e. The number of halogens is 3. The average molecular weight is 339 g/mol. The van der Waals surface area contributed by atoms with Crippen molar-refractivity contribution < 1.29 is 8.78 Å². The third-order valence-corrected chi connectivity index (χ3v) is 4.20. The lowest BCUT2D eigenvalue weighted by Crippen LogP contribution is -2.21. The van der Waals surface area contributed by atoms with Crippen molar-refractivity contribution in [3.8, 4) is 0 Å². The number of nitrogens with zero attached hydrogens (tertiary/aromatic N) is 1. The van der Waals surface area contributed by atoms with Crippen molar-refractivity contribution in [2.24, 2.45) is 0 Å². The Morgan fingerprint density at radius 2 is 2.00 bits per heavy atom. The van der Waals surface area contributed by atoms with Gasteiger partial charge < -0.3 is 10.6 Å². The molecule has 0 atom stereocenters. The monoisotopic (exact) mass is 338 g/mol. The first kappa shape index (κ1) is 13.4. The zero-order chi connectivity index (χ0) is 14.3. The van der Waals surface area contributed by atoms with Crippen molar-refractivity contribution in [1.82, 2.24) is 0 Å². The van der Waals surface area contributed by atoms with Crippen molar-refractivity contribution in [1.29, 1.82) is 0 Å². The summed E-state index contributed by atoms with van der Waals surface area (Å²) in [5.41, 5.74) is 8.68. The van der Waals surface area contributed by atoms with Crippen molar-refractivity contribution in [2.75, 3.05) is 17.2 Å². The van der Waals surface area contributed by atoms with Gasteiger partial charge in [-0.1, -0.05) is 0 Å². The van der Waals surface area contributed by atoms with Crippen LogP contribution in [-0.4, -0.2) is 6.54 Å². The fourth-order valence-electron chi connectivity index (χ4n) is 2.56. The molecular weight excluding hydrogens is 326 g/mol. The predicted octanol–water partition coefficient (Wildman–Crippen LogP) is 3.87. The van der Waals surface area contributed by atoms with Crippen LogP contribution in [0.5, 0.6) is 0 Å². The van der Waals surface area contributed by atoms with E-state index in [9.17, 15) is 8.78 Å². The average Bonchev–Trinajstić information content (AvgIpc) is 2.81. The minimum Gasteiger partial charge on any atom is -0.399 e. The van der Waals surface area contributed by atoms with Gasteiger partial charge in [-0.25, -0.2) is 8.78 Å². The fraction of sp³-hybridized carbons (Fsp3) is 0.200. The van der Waals surface area contributed by atoms with Gasteiger partial charge >= 0.3 is 0 Å². The number of hydrogen-bond donors (Lipinski definition) is 1. The minimum absolute atomic E-state index is 0.0871. The Hall–Kier alpha value is -1.62. The second-order valence-electron chi connectivity index (χ2n) is 4.88. The summed E-state index contributed by atoms with van der Waals surface area (Å²) in [7, 11) is 0. The summed E-state index contributed by atoms with van der Waals surface area (Å²) in [6.45, 7) is 0.957. The standard InChI is InChI=1S/C15H13BrF2N2/c16-12-2-3-13(17)11(15(12)18)8-20-6-5-9-7-10(19)1-4-14(9)20/h1-4,7H,5-6,8,19H2. The van der Waals surface area contributed by atoms with Gasteiger partial charge in [0.15, 0.2) is 0 Å². The van der Waals surface area contributed by atoms with Crippen LogP contribution in [0.4, 0.5) is 20.2 Å². The van der Waals surface area contributed by atoms with Gasteiger partial charge in [0, 0.05) is 30.0 Å². The maximum Gasteiger partial charge on any atom is 0.145 e. The van der Waals surface area contributed by atoms with Gasteiger partial charge in [0.2, 0.25) is 0 Å². The molecule has 2 N–H and O–H groups in total. The lowest BCUT2D eigenvalue weighted by atomic mass is 10.1. The highest BCUT2D eigenvalue weighted by molar-refractivity contribution is 9.10. The van der Waals surface area contributed by atoms with Gasteiger partial charge in [-0.2, -0.15) is 0 Å². The Morgan fingerprint density at radius 1 is 1.20 bits per heavy atom. The van der Waals surface area contributed by atoms with Crippen molar-refractivity contribution >= 4 is 27.3 Å². The van der Waals surface area contributed by atoms with E-state index in [-0.39, 0.29) is 16.6 Å². The van der Waals surface area contributed by atoms with E-state index >= 15 is 0 Å². The zero-order valence-electron chi connectivity index (χ0n) is 10.7. The molecule has 20 heavy (non-hydrogen) atoms. The fourth-order valence-corrected chi connectivity index (χ4v) is 2.93. The number of hydrogen-bond acceptors (Lipinski definition) is 2. The summed E-state index contributed by atoms with van der Waals surface area (Å²) < 4.78 is 28.1. The van der Waals surface area contributed by atoms with Crippen LogP contribution in [0.15, 0.2) is 34.8 Å². The molecule has 0 aromatic heterocycles. The van der Waals surface area contributed by atoms with E-state index in [0.29, 0.717) is 5.69 Å². The van der Waals surface area contributed by atoms with E-state index in [4.69, 9.17) is 5.73 Å². The number of nitrogen functional groups attached to an aromatic ring is 1. The molecule has 5 heteroatoms. The molecule has 0 bridgehead atoms. The van der Waals surface area contributed by atoms with E-state index in [1.807, 2.05) is 23.1 Å². The molecule has 0 aliphatic carbocycles. The smallest absolute Gasteiger partial charge is 0.145 e. The molecule has 0 spiro atoms. The molecule has 0 saturated carbocycles. The number of rotatable bonds is 2. The van der Waals surface area contributed by atoms with E-state index in [1.54, 1.807) is 0 Å². The molecule has 0 amide bonds. The quantitative estimate of drug-likeness (QED) is 0.665. The Kier molecular flexibility index (Phi) is 3.38. The summed E-state index contributed by atoms with van der Waals surface area (Å²) in [5, 5.41) is 0. The van der Waals surface area contributed by atoms with Gasteiger partial charge in [-0.05, 0) is 58.2 Å². The van der Waals surface area contributed by atoms with Crippen LogP contribution in [0.1, 0.15) is 11.1 Å². The topological polar surface area (TPSA) is 29.3 Å². The first-order chi connectivity index (χ1) is 9.56. The van der Waals surface area contributed by atoms with E-state index in [0.717, 1.165) is 24.2 Å². The SMILES string of the molecule is Nc1ccc2c(c1)CCN2Cc1c(F)ccc(Br)c1F.